The van der Waals surface area contributed by atoms with Gasteiger partial charge in [0.05, 0.1) is 6.20 Å². The van der Waals surface area contributed by atoms with E-state index in [9.17, 15) is 18.0 Å². The lowest BCUT2D eigenvalue weighted by Gasteiger charge is -2.13. The summed E-state index contributed by atoms with van der Waals surface area (Å²) in [6, 6.07) is 6.20. The Balaban J connectivity index is 1.44. The molecule has 32 heavy (non-hydrogen) atoms. The van der Waals surface area contributed by atoms with Crippen LogP contribution in [0, 0.1) is 6.92 Å². The maximum Gasteiger partial charge on any atom is 0.433 e. The van der Waals surface area contributed by atoms with Crippen LogP contribution in [0.4, 0.5) is 29.6 Å². The third kappa shape index (κ3) is 5.13. The highest BCUT2D eigenvalue weighted by Crippen LogP contribution is 2.29. The number of carbonyl (C=O) groups excluding carboxylic acids is 1. The lowest BCUT2D eigenvalue weighted by atomic mass is 10.1. The van der Waals surface area contributed by atoms with E-state index in [0.29, 0.717) is 37.6 Å². The summed E-state index contributed by atoms with van der Waals surface area (Å²) in [5, 5.41) is 13.9. The molecule has 0 spiro atoms. The molecule has 1 aliphatic rings. The largest absolute Gasteiger partial charge is 0.433 e. The minimum absolute atomic E-state index is 0.0474. The highest BCUT2D eigenvalue weighted by molar-refractivity contribution is 5.76. The molecule has 12 heteroatoms. The fourth-order valence-corrected chi connectivity index (χ4v) is 3.40. The smallest absolute Gasteiger partial charge is 0.336 e. The standard InChI is InChI=1S/C20H21F3N8O/c1-13-9-14(11-15(10-13)26-18-24-4-3-17(27-18)20(21,22)23)16-12-31(29-28-16)7-2-6-30-8-5-25-19(30)32/h3-4,9-12H,2,5-8H2,1H3,(H,25,32)(H,24,26,27). The first-order valence-corrected chi connectivity index (χ1v) is 10.0. The molecule has 1 aromatic carbocycles. The third-order valence-corrected chi connectivity index (χ3v) is 4.87. The predicted octanol–water partition coefficient (Wildman–Crippen LogP) is 3.22. The molecule has 0 radical (unpaired) electrons. The number of benzene rings is 1. The summed E-state index contributed by atoms with van der Waals surface area (Å²) in [6.07, 6.45) is -0.951. The molecule has 2 amide bonds. The topological polar surface area (TPSA) is 101 Å². The molecule has 3 aromatic rings. The van der Waals surface area contributed by atoms with E-state index >= 15 is 0 Å². The quantitative estimate of drug-likeness (QED) is 0.578. The number of urea groups is 1. The van der Waals surface area contributed by atoms with Crippen LogP contribution in [0.2, 0.25) is 0 Å². The van der Waals surface area contributed by atoms with Gasteiger partial charge < -0.3 is 15.5 Å². The highest BCUT2D eigenvalue weighted by Gasteiger charge is 2.32. The second-order valence-electron chi connectivity index (χ2n) is 7.42. The molecule has 1 aliphatic heterocycles. The number of anilines is 2. The van der Waals surface area contributed by atoms with Crippen molar-refractivity contribution in [2.24, 2.45) is 0 Å². The number of nitrogens with one attached hydrogen (secondary N) is 2. The maximum atomic E-state index is 12.9. The van der Waals surface area contributed by atoms with Gasteiger partial charge in [-0.25, -0.2) is 14.8 Å². The maximum absolute atomic E-state index is 12.9. The van der Waals surface area contributed by atoms with Crippen LogP contribution in [0.5, 0.6) is 0 Å². The van der Waals surface area contributed by atoms with Crippen molar-refractivity contribution in [3.63, 3.8) is 0 Å². The van der Waals surface area contributed by atoms with Gasteiger partial charge in [0.1, 0.15) is 11.4 Å². The van der Waals surface area contributed by atoms with Crippen LogP contribution in [0.25, 0.3) is 11.3 Å². The average Bonchev–Trinajstić information content (AvgIpc) is 3.37. The average molecular weight is 446 g/mol. The molecular formula is C20H21F3N8O. The first kappa shape index (κ1) is 21.5. The Morgan fingerprint density at radius 3 is 2.81 bits per heavy atom. The lowest BCUT2D eigenvalue weighted by Crippen LogP contribution is -2.29. The van der Waals surface area contributed by atoms with Crippen molar-refractivity contribution in [2.75, 3.05) is 25.0 Å². The summed E-state index contributed by atoms with van der Waals surface area (Å²) in [5.74, 6) is -0.147. The summed E-state index contributed by atoms with van der Waals surface area (Å²) in [7, 11) is 0. The molecule has 168 valence electrons. The Kier molecular flexibility index (Phi) is 5.93. The fourth-order valence-electron chi connectivity index (χ4n) is 3.40. The van der Waals surface area contributed by atoms with E-state index in [2.05, 4.69) is 30.9 Å². The first-order chi connectivity index (χ1) is 15.3. The van der Waals surface area contributed by atoms with E-state index in [1.807, 2.05) is 13.0 Å². The van der Waals surface area contributed by atoms with E-state index < -0.39 is 11.9 Å². The number of halogens is 3. The minimum atomic E-state index is -4.55. The molecule has 0 atom stereocenters. The van der Waals surface area contributed by atoms with Gasteiger partial charge in [-0.15, -0.1) is 5.10 Å². The zero-order chi connectivity index (χ0) is 22.7. The molecule has 1 saturated heterocycles. The van der Waals surface area contributed by atoms with Gasteiger partial charge >= 0.3 is 12.2 Å². The number of hydrogen-bond acceptors (Lipinski definition) is 6. The second-order valence-corrected chi connectivity index (χ2v) is 7.42. The summed E-state index contributed by atoms with van der Waals surface area (Å²) in [5.41, 5.74) is 1.78. The van der Waals surface area contributed by atoms with Crippen molar-refractivity contribution in [3.8, 4) is 11.3 Å². The van der Waals surface area contributed by atoms with Gasteiger partial charge in [0.15, 0.2) is 0 Å². The molecule has 4 rings (SSSR count). The SMILES string of the molecule is Cc1cc(Nc2nccc(C(F)(F)F)n2)cc(-c2cn(CCCN3CCNC3=O)nn2)c1. The molecule has 0 saturated carbocycles. The number of carbonyl (C=O) groups is 1. The van der Waals surface area contributed by atoms with Gasteiger partial charge in [0, 0.05) is 43.6 Å². The summed E-state index contributed by atoms with van der Waals surface area (Å²) < 4.78 is 40.4. The normalized spacial score (nSPS) is 14.0. The molecule has 9 nitrogen and oxygen atoms in total. The van der Waals surface area contributed by atoms with E-state index in [1.165, 1.54) is 0 Å². The number of aryl methyl sites for hydroxylation is 2. The molecule has 0 unspecified atom stereocenters. The van der Waals surface area contributed by atoms with Gasteiger partial charge in [0.25, 0.3) is 0 Å². The third-order valence-electron chi connectivity index (χ3n) is 4.87. The molecule has 3 heterocycles. The van der Waals surface area contributed by atoms with E-state index in [1.54, 1.807) is 27.9 Å². The van der Waals surface area contributed by atoms with Crippen molar-refractivity contribution < 1.29 is 18.0 Å². The van der Waals surface area contributed by atoms with Crippen molar-refractivity contribution in [2.45, 2.75) is 26.1 Å². The molecule has 2 aromatic heterocycles. The van der Waals surface area contributed by atoms with Crippen LogP contribution in [-0.2, 0) is 12.7 Å². The number of hydrogen-bond donors (Lipinski definition) is 2. The lowest BCUT2D eigenvalue weighted by molar-refractivity contribution is -0.141. The highest BCUT2D eigenvalue weighted by atomic mass is 19.4. The van der Waals surface area contributed by atoms with Crippen LogP contribution >= 0.6 is 0 Å². The Morgan fingerprint density at radius 1 is 1.22 bits per heavy atom. The van der Waals surface area contributed by atoms with Crippen LogP contribution in [0.15, 0.2) is 36.7 Å². The predicted molar refractivity (Wildman–Crippen MR) is 110 cm³/mol. The van der Waals surface area contributed by atoms with Crippen LogP contribution in [0.1, 0.15) is 17.7 Å². The number of nitrogens with zero attached hydrogens (tertiary/aromatic N) is 6. The minimum Gasteiger partial charge on any atom is -0.336 e. The Labute approximate surface area is 181 Å². The summed E-state index contributed by atoms with van der Waals surface area (Å²) in [6.45, 7) is 4.48. The Hall–Kier alpha value is -3.70. The number of alkyl halides is 3. The van der Waals surface area contributed by atoms with Gasteiger partial charge in [-0.1, -0.05) is 5.21 Å². The van der Waals surface area contributed by atoms with E-state index in [0.717, 1.165) is 29.8 Å². The zero-order valence-corrected chi connectivity index (χ0v) is 17.2. The molecular weight excluding hydrogens is 425 g/mol. The number of amides is 2. The molecule has 0 bridgehead atoms. The summed E-state index contributed by atoms with van der Waals surface area (Å²) in [4.78, 5) is 20.7. The first-order valence-electron chi connectivity index (χ1n) is 10.0. The monoisotopic (exact) mass is 446 g/mol. The fraction of sp³-hybridized carbons (Fsp3) is 0.350. The van der Waals surface area contributed by atoms with Gasteiger partial charge in [0.2, 0.25) is 5.95 Å². The number of aromatic nitrogens is 5. The van der Waals surface area contributed by atoms with Crippen molar-refractivity contribution >= 4 is 17.7 Å². The number of rotatable bonds is 7. The summed E-state index contributed by atoms with van der Waals surface area (Å²) >= 11 is 0. The van der Waals surface area contributed by atoms with E-state index in [4.69, 9.17) is 0 Å². The van der Waals surface area contributed by atoms with Gasteiger partial charge in [-0.05, 0) is 43.2 Å². The van der Waals surface area contributed by atoms with Gasteiger partial charge in [-0.3, -0.25) is 4.68 Å². The zero-order valence-electron chi connectivity index (χ0n) is 17.2. The molecule has 1 fully saturated rings. The molecule has 2 N–H and O–H groups in total. The Morgan fingerprint density at radius 2 is 2.06 bits per heavy atom. The van der Waals surface area contributed by atoms with Crippen LogP contribution in [-0.4, -0.2) is 55.5 Å². The van der Waals surface area contributed by atoms with Gasteiger partial charge in [-0.2, -0.15) is 13.2 Å². The van der Waals surface area contributed by atoms with Crippen molar-refractivity contribution in [1.82, 2.24) is 35.2 Å². The second kappa shape index (κ2) is 8.81. The molecule has 0 aliphatic carbocycles. The Bertz CT molecular complexity index is 1110. The van der Waals surface area contributed by atoms with E-state index in [-0.39, 0.29) is 12.0 Å². The van der Waals surface area contributed by atoms with Crippen LogP contribution in [0.3, 0.4) is 0 Å². The van der Waals surface area contributed by atoms with Crippen molar-refractivity contribution in [1.29, 1.82) is 0 Å². The van der Waals surface area contributed by atoms with Crippen molar-refractivity contribution in [3.05, 3.63) is 47.9 Å². The van der Waals surface area contributed by atoms with Crippen LogP contribution < -0.4 is 10.6 Å².